The van der Waals surface area contributed by atoms with Crippen molar-refractivity contribution in [3.63, 3.8) is 0 Å². The third-order valence-corrected chi connectivity index (χ3v) is 6.29. The maximum absolute atomic E-state index is 13.2. The Labute approximate surface area is 150 Å². The predicted octanol–water partition coefficient (Wildman–Crippen LogP) is 4.28. The van der Waals surface area contributed by atoms with Gasteiger partial charge in [0.15, 0.2) is 0 Å². The summed E-state index contributed by atoms with van der Waals surface area (Å²) in [6.45, 7) is 9.07. The molecule has 1 saturated carbocycles. The quantitative estimate of drug-likeness (QED) is 0.706. The Kier molecular flexibility index (Phi) is 6.27. The third-order valence-electron chi connectivity index (χ3n) is 4.48. The van der Waals surface area contributed by atoms with E-state index in [1.807, 2.05) is 6.92 Å². The van der Waals surface area contributed by atoms with Gasteiger partial charge in [-0.05, 0) is 58.1 Å². The van der Waals surface area contributed by atoms with Gasteiger partial charge in [0, 0.05) is 0 Å². The van der Waals surface area contributed by atoms with E-state index in [1.165, 1.54) is 12.1 Å². The number of allylic oxidation sites excluding steroid dienone is 1. The van der Waals surface area contributed by atoms with E-state index < -0.39 is 22.2 Å². The molecule has 2 atom stereocenters. The van der Waals surface area contributed by atoms with E-state index in [0.717, 1.165) is 22.7 Å². The normalized spacial score (nSPS) is 20.5. The number of aryl methyl sites for hydroxylation is 1. The van der Waals surface area contributed by atoms with Crippen molar-refractivity contribution in [2.75, 3.05) is 0 Å². The first kappa shape index (κ1) is 19.5. The Balaban J connectivity index is 2.44. The second-order valence-corrected chi connectivity index (χ2v) is 8.64. The van der Waals surface area contributed by atoms with Gasteiger partial charge in [-0.25, -0.2) is 13.2 Å². The Bertz CT molecular complexity index is 709. The summed E-state index contributed by atoms with van der Waals surface area (Å²) in [6.07, 6.45) is 3.70. The van der Waals surface area contributed by atoms with Crippen LogP contribution in [0.25, 0.3) is 0 Å². The lowest BCUT2D eigenvalue weighted by molar-refractivity contribution is 0.0845. The summed E-state index contributed by atoms with van der Waals surface area (Å²) in [5.74, 6) is 0.0810. The molecular weight excluding hydrogens is 338 g/mol. The number of nitrogens with zero attached hydrogens (tertiary/aromatic N) is 1. The molecule has 0 radical (unpaired) electrons. The highest BCUT2D eigenvalue weighted by molar-refractivity contribution is 7.89. The van der Waals surface area contributed by atoms with Crippen LogP contribution in [0.1, 0.15) is 45.1 Å². The number of hydrogen-bond acceptors (Lipinski definition) is 4. The smallest absolute Gasteiger partial charge is 0.424 e. The molecule has 0 unspecified atom stereocenters. The molecule has 1 fully saturated rings. The number of benzene rings is 1. The van der Waals surface area contributed by atoms with E-state index in [4.69, 9.17) is 4.74 Å². The van der Waals surface area contributed by atoms with Crippen LogP contribution in [0.15, 0.2) is 41.8 Å². The molecule has 0 saturated heterocycles. The summed E-state index contributed by atoms with van der Waals surface area (Å²) in [4.78, 5) is 12.8. The number of amides is 1. The Morgan fingerprint density at radius 2 is 1.96 bits per heavy atom. The largest absolute Gasteiger partial charge is 0.446 e. The fraction of sp³-hybridized carbons (Fsp3) is 0.526. The van der Waals surface area contributed by atoms with Gasteiger partial charge < -0.3 is 4.74 Å². The SMILES string of the molecule is C=CC[C@H]1CCC[C@@H]1N(C(=O)OC(C)C)S(=O)(=O)c1ccc(C)cc1. The maximum Gasteiger partial charge on any atom is 0.424 e. The fourth-order valence-corrected chi connectivity index (χ4v) is 4.88. The van der Waals surface area contributed by atoms with Crippen LogP contribution in [-0.4, -0.2) is 31.0 Å². The van der Waals surface area contributed by atoms with Crippen LogP contribution < -0.4 is 0 Å². The maximum atomic E-state index is 13.2. The van der Waals surface area contributed by atoms with Crippen LogP contribution in [0.4, 0.5) is 4.79 Å². The molecular formula is C19H27NO4S. The van der Waals surface area contributed by atoms with Crippen molar-refractivity contribution in [3.05, 3.63) is 42.5 Å². The van der Waals surface area contributed by atoms with Crippen LogP contribution in [0.5, 0.6) is 0 Å². The van der Waals surface area contributed by atoms with Crippen molar-refractivity contribution < 1.29 is 17.9 Å². The second kappa shape index (κ2) is 8.04. The number of carbonyl (C=O) groups excluding carboxylic acids is 1. The zero-order valence-electron chi connectivity index (χ0n) is 15.1. The van der Waals surface area contributed by atoms with Gasteiger partial charge in [-0.3, -0.25) is 0 Å². The van der Waals surface area contributed by atoms with E-state index in [1.54, 1.807) is 32.1 Å². The van der Waals surface area contributed by atoms with E-state index in [2.05, 4.69) is 6.58 Å². The summed E-state index contributed by atoms with van der Waals surface area (Å²) >= 11 is 0. The average Bonchev–Trinajstić information content (AvgIpc) is 2.95. The molecule has 1 amide bonds. The summed E-state index contributed by atoms with van der Waals surface area (Å²) in [5.41, 5.74) is 0.959. The lowest BCUT2D eigenvalue weighted by Gasteiger charge is -2.31. The fourth-order valence-electron chi connectivity index (χ4n) is 3.30. The van der Waals surface area contributed by atoms with Crippen LogP contribution >= 0.6 is 0 Å². The van der Waals surface area contributed by atoms with Crippen molar-refractivity contribution in [2.45, 2.75) is 63.5 Å². The minimum Gasteiger partial charge on any atom is -0.446 e. The summed E-state index contributed by atoms with van der Waals surface area (Å²) in [7, 11) is -3.97. The molecule has 2 rings (SSSR count). The van der Waals surface area contributed by atoms with Gasteiger partial charge in [0.2, 0.25) is 0 Å². The minimum absolute atomic E-state index is 0.0810. The van der Waals surface area contributed by atoms with Gasteiger partial charge in [0.25, 0.3) is 10.0 Å². The first-order chi connectivity index (χ1) is 11.8. The average molecular weight is 365 g/mol. The van der Waals surface area contributed by atoms with Gasteiger partial charge in [-0.15, -0.1) is 6.58 Å². The number of hydrogen-bond donors (Lipinski definition) is 0. The molecule has 1 aliphatic rings. The first-order valence-corrected chi connectivity index (χ1v) is 10.1. The monoisotopic (exact) mass is 365 g/mol. The standard InChI is InChI=1S/C19H27NO4S/c1-5-7-16-8-6-9-18(16)20(19(21)24-14(2)3)25(22,23)17-12-10-15(4)11-13-17/h5,10-14,16,18H,1,6-9H2,2-4H3/t16-,18-/m0/s1. The Morgan fingerprint density at radius 1 is 1.32 bits per heavy atom. The second-order valence-electron chi connectivity index (χ2n) is 6.83. The number of rotatable bonds is 6. The Morgan fingerprint density at radius 3 is 2.52 bits per heavy atom. The topological polar surface area (TPSA) is 63.7 Å². The molecule has 0 N–H and O–H groups in total. The lowest BCUT2D eigenvalue weighted by atomic mass is 10.00. The highest BCUT2D eigenvalue weighted by Crippen LogP contribution is 2.36. The minimum atomic E-state index is -3.97. The van der Waals surface area contributed by atoms with Crippen LogP contribution in [0, 0.1) is 12.8 Å². The molecule has 1 aromatic rings. The summed E-state index contributed by atoms with van der Waals surface area (Å²) in [6, 6.07) is 6.15. The van der Waals surface area contributed by atoms with Crippen molar-refractivity contribution in [1.82, 2.24) is 4.31 Å². The van der Waals surface area contributed by atoms with Crippen molar-refractivity contribution in [1.29, 1.82) is 0 Å². The van der Waals surface area contributed by atoms with Gasteiger partial charge >= 0.3 is 6.09 Å². The van der Waals surface area contributed by atoms with Crippen molar-refractivity contribution in [2.24, 2.45) is 5.92 Å². The highest BCUT2D eigenvalue weighted by atomic mass is 32.2. The molecule has 25 heavy (non-hydrogen) atoms. The number of carbonyl (C=O) groups is 1. The molecule has 5 nitrogen and oxygen atoms in total. The Hall–Kier alpha value is -1.82. The number of ether oxygens (including phenoxy) is 1. The number of sulfonamides is 1. The molecule has 1 aromatic carbocycles. The van der Waals surface area contributed by atoms with E-state index in [9.17, 15) is 13.2 Å². The third kappa shape index (κ3) is 4.42. The molecule has 0 spiro atoms. The lowest BCUT2D eigenvalue weighted by Crippen LogP contribution is -2.47. The molecule has 0 heterocycles. The van der Waals surface area contributed by atoms with Crippen molar-refractivity contribution in [3.8, 4) is 0 Å². The van der Waals surface area contributed by atoms with Gasteiger partial charge in [-0.1, -0.05) is 30.2 Å². The van der Waals surface area contributed by atoms with Gasteiger partial charge in [-0.2, -0.15) is 4.31 Å². The molecule has 6 heteroatoms. The molecule has 1 aliphatic carbocycles. The summed E-state index contributed by atoms with van der Waals surface area (Å²) in [5, 5.41) is 0. The predicted molar refractivity (Wildman–Crippen MR) is 97.8 cm³/mol. The van der Waals surface area contributed by atoms with Crippen LogP contribution in [-0.2, 0) is 14.8 Å². The molecule has 0 aromatic heterocycles. The molecule has 0 bridgehead atoms. The van der Waals surface area contributed by atoms with E-state index >= 15 is 0 Å². The van der Waals surface area contributed by atoms with Gasteiger partial charge in [0.05, 0.1) is 17.0 Å². The zero-order valence-corrected chi connectivity index (χ0v) is 16.0. The van der Waals surface area contributed by atoms with Crippen molar-refractivity contribution >= 4 is 16.1 Å². The van der Waals surface area contributed by atoms with E-state index in [0.29, 0.717) is 12.8 Å². The van der Waals surface area contributed by atoms with Gasteiger partial charge in [0.1, 0.15) is 0 Å². The molecule has 138 valence electrons. The zero-order chi connectivity index (χ0) is 18.6. The first-order valence-electron chi connectivity index (χ1n) is 8.70. The van der Waals surface area contributed by atoms with Crippen LogP contribution in [0.2, 0.25) is 0 Å². The summed E-state index contributed by atoms with van der Waals surface area (Å²) < 4.78 is 32.6. The highest BCUT2D eigenvalue weighted by Gasteiger charge is 2.42. The molecule has 0 aliphatic heterocycles. The van der Waals surface area contributed by atoms with Crippen LogP contribution in [0.3, 0.4) is 0 Å². The van der Waals surface area contributed by atoms with E-state index in [-0.39, 0.29) is 16.9 Å².